The van der Waals surface area contributed by atoms with Gasteiger partial charge in [-0.05, 0) is 340 Å². The van der Waals surface area contributed by atoms with Gasteiger partial charge in [0.1, 0.15) is 0 Å². The van der Waals surface area contributed by atoms with Crippen LogP contribution in [0.5, 0.6) is 0 Å². The molecule has 12 aromatic carbocycles. The maximum atomic E-state index is 2.72. The molecule has 0 bridgehead atoms. The van der Waals surface area contributed by atoms with Gasteiger partial charge in [-0.3, -0.25) is 0 Å². The normalized spacial score (nSPS) is 17.5. The summed E-state index contributed by atoms with van der Waals surface area (Å²) in [4.78, 5) is 2.49. The molecule has 0 amide bonds. The molecule has 7 aliphatic carbocycles. The number of aromatic nitrogens is 4. The maximum absolute atomic E-state index is 2.72. The Morgan fingerprint density at radius 2 is 0.913 bits per heavy atom. The summed E-state index contributed by atoms with van der Waals surface area (Å²) in [6.45, 7) is 24.1. The molecule has 5 heteroatoms. The van der Waals surface area contributed by atoms with E-state index >= 15 is 0 Å². The molecule has 0 saturated heterocycles. The highest BCUT2D eigenvalue weighted by molar-refractivity contribution is 6.12. The number of nitrogens with zero attached hydrogens (tertiary/aromatic N) is 5. The minimum Gasteiger partial charge on any atom is -0.340 e. The Morgan fingerprint density at radius 1 is 0.417 bits per heavy atom. The number of hydrogen-bond donors (Lipinski definition) is 0. The second-order valence-electron chi connectivity index (χ2n) is 39.8. The molecule has 0 saturated carbocycles. The van der Waals surface area contributed by atoms with E-state index in [4.69, 9.17) is 0 Å². The molecule has 0 radical (unpaired) electrons. The summed E-state index contributed by atoms with van der Waals surface area (Å²) in [7, 11) is 0. The molecule has 626 valence electrons. The van der Waals surface area contributed by atoms with Gasteiger partial charge in [0.2, 0.25) is 0 Å². The quantitative estimate of drug-likeness (QED) is 0.0891. The maximum Gasteiger partial charge on any atom is 0.0710 e. The molecule has 4 aromatic heterocycles. The number of hydrogen-bond acceptors (Lipinski definition) is 1. The zero-order chi connectivity index (χ0) is 85.9. The van der Waals surface area contributed by atoms with E-state index < -0.39 is 10.8 Å². The molecule has 0 fully saturated rings. The second-order valence-corrected chi connectivity index (χ2v) is 39.8. The van der Waals surface area contributed by atoms with E-state index in [9.17, 15) is 0 Å². The first kappa shape index (κ1) is 78.7. The minimum absolute atomic E-state index is 0.00231. The van der Waals surface area contributed by atoms with Crippen LogP contribution in [0, 0.1) is 25.7 Å². The molecular formula is C122H113N5. The third kappa shape index (κ3) is 12.4. The average molecular weight is 1650 g/mol. The van der Waals surface area contributed by atoms with Gasteiger partial charge >= 0.3 is 0 Å². The van der Waals surface area contributed by atoms with Gasteiger partial charge in [-0.1, -0.05) is 268 Å². The summed E-state index contributed by atoms with van der Waals surface area (Å²) in [5, 5.41) is 6.59. The highest BCUT2D eigenvalue weighted by atomic mass is 15.2. The number of allylic oxidation sites excluding steroid dienone is 11. The van der Waals surface area contributed by atoms with Crippen molar-refractivity contribution in [1.82, 2.24) is 18.3 Å². The van der Waals surface area contributed by atoms with Crippen molar-refractivity contribution >= 4 is 95.4 Å². The van der Waals surface area contributed by atoms with Gasteiger partial charge in [-0.15, -0.1) is 0 Å². The Morgan fingerprint density at radius 3 is 1.53 bits per heavy atom. The Balaban J connectivity index is 0.744. The van der Waals surface area contributed by atoms with E-state index in [-0.39, 0.29) is 16.7 Å². The van der Waals surface area contributed by atoms with Crippen LogP contribution in [0.15, 0.2) is 315 Å². The van der Waals surface area contributed by atoms with Crippen molar-refractivity contribution in [2.45, 2.75) is 181 Å². The molecular weight excluding hydrogens is 1540 g/mol. The molecule has 7 aliphatic rings. The predicted molar refractivity (Wildman–Crippen MR) is 538 cm³/mol. The first-order chi connectivity index (χ1) is 62.0. The number of aryl methyl sites for hydroxylation is 4. The lowest BCUT2D eigenvalue weighted by atomic mass is 9.61. The van der Waals surface area contributed by atoms with Gasteiger partial charge in [0.25, 0.3) is 0 Å². The molecule has 4 heterocycles. The standard InChI is InChI=1S/C122H113N5/c1-11-13-26-80(12-2)77-123-111-37-24-18-31-99(111)101-71-81(43-65-112(101)123)82-44-66-114-102(72-82)104-74-86(50-68-116(104)126(114)93-59-47-84(48-60-93)120(8,9)10)122(109-35-22-16-29-97(109)98-30-17-23-36-110(98)122)88-52-70-118-106(76-88)105-75-87(51-69-117(105)127(118)94-63-61-91(62-64-94)124(89-53-39-78(3)40-54-89)90-55-41-79(4)42-56-90)121(107-33-20-14-27-95(107)96-28-15-21-34-108(96)121)85-49-67-115-103(73-85)100-32-19-25-38-113(100)125(115)92-57-45-83(46-58-92)119(5,6)7/h14-16,20-25,27-29,33-61,63,65-74,76,80,87H,11-13,17-19,26,30-32,62,64,75,77H2,1-10H3. The average Bonchev–Trinajstić information content (AvgIpc) is 1.50. The van der Waals surface area contributed by atoms with Crippen molar-refractivity contribution in [3.8, 4) is 33.6 Å². The van der Waals surface area contributed by atoms with Crippen molar-refractivity contribution in [2.75, 3.05) is 4.90 Å². The lowest BCUT2D eigenvalue weighted by molar-refractivity contribution is 0.395. The molecule has 5 nitrogen and oxygen atoms in total. The number of rotatable bonds is 17. The molecule has 0 aliphatic heterocycles. The van der Waals surface area contributed by atoms with Crippen molar-refractivity contribution in [3.63, 3.8) is 0 Å². The SMILES string of the molecule is CCCCC(CC)Cn1c2c(c3cc(-c4ccc5c(c4)c4cc(C6(c7ccc8c(c7)c7c(n8C8=CC=C(N(c9ccc(C)cc9)c9ccc(C)cc9)CC8)C=CC(C8(c9ccc%10c(c9)c9c(n%10-c%10ccc(C(C)(C)C)cc%10)C=CCC9)c9ccccc9-c9ccccc98)C7)C7=C(CCC=C7)c7ccccc76)ccc4n5-c4ccc(C(C)(C)C)cc4)ccc31)CCC=C2. The first-order valence-corrected chi connectivity index (χ1v) is 47.3. The zero-order valence-corrected chi connectivity index (χ0v) is 75.4. The minimum atomic E-state index is -0.708. The Labute approximate surface area is 749 Å². The lowest BCUT2D eigenvalue weighted by Gasteiger charge is -2.41. The number of unbranched alkanes of at least 4 members (excludes halogenated alkanes) is 1. The van der Waals surface area contributed by atoms with Crippen LogP contribution < -0.4 is 4.90 Å². The summed E-state index contributed by atoms with van der Waals surface area (Å²) in [5.74, 6) is 0.651. The largest absolute Gasteiger partial charge is 0.340 e. The molecule has 3 atom stereocenters. The Bertz CT molecular complexity index is 7330. The summed E-state index contributed by atoms with van der Waals surface area (Å²) < 4.78 is 10.5. The van der Waals surface area contributed by atoms with Gasteiger partial charge in [0, 0.05) is 90.2 Å². The van der Waals surface area contributed by atoms with Crippen LogP contribution in [-0.4, -0.2) is 18.3 Å². The van der Waals surface area contributed by atoms with Crippen LogP contribution in [0.25, 0.3) is 118 Å². The Kier molecular flexibility index (Phi) is 18.8. The van der Waals surface area contributed by atoms with Crippen LogP contribution in [0.4, 0.5) is 11.4 Å². The smallest absolute Gasteiger partial charge is 0.0710 e. The summed E-state index contributed by atoms with van der Waals surface area (Å²) in [5.41, 5.74) is 43.3. The highest BCUT2D eigenvalue weighted by Gasteiger charge is 2.52. The third-order valence-corrected chi connectivity index (χ3v) is 30.5. The first-order valence-electron chi connectivity index (χ1n) is 47.3. The van der Waals surface area contributed by atoms with Gasteiger partial charge in [0.15, 0.2) is 0 Å². The Hall–Kier alpha value is -13.0. The van der Waals surface area contributed by atoms with Crippen LogP contribution in [0.1, 0.15) is 215 Å². The lowest BCUT2D eigenvalue weighted by Crippen LogP contribution is -2.37. The molecule has 16 aromatic rings. The van der Waals surface area contributed by atoms with Crippen LogP contribution in [0.2, 0.25) is 0 Å². The molecule has 0 spiro atoms. The zero-order valence-electron chi connectivity index (χ0n) is 75.4. The molecule has 23 rings (SSSR count). The van der Waals surface area contributed by atoms with E-state index in [1.54, 1.807) is 0 Å². The second kappa shape index (κ2) is 30.4. The fourth-order valence-corrected chi connectivity index (χ4v) is 24.0. The predicted octanol–water partition coefficient (Wildman–Crippen LogP) is 31.7. The van der Waals surface area contributed by atoms with Gasteiger partial charge < -0.3 is 23.2 Å². The van der Waals surface area contributed by atoms with Crippen LogP contribution >= 0.6 is 0 Å². The van der Waals surface area contributed by atoms with Gasteiger partial charge in [-0.2, -0.15) is 0 Å². The van der Waals surface area contributed by atoms with Crippen molar-refractivity contribution in [3.05, 3.63) is 410 Å². The van der Waals surface area contributed by atoms with Gasteiger partial charge in [-0.25, -0.2) is 0 Å². The van der Waals surface area contributed by atoms with Gasteiger partial charge in [0.05, 0.1) is 32.9 Å². The van der Waals surface area contributed by atoms with E-state index in [1.165, 1.54) is 243 Å². The molecule has 0 N–H and O–H groups in total. The fourth-order valence-electron chi connectivity index (χ4n) is 24.0. The summed E-state index contributed by atoms with van der Waals surface area (Å²) in [6.07, 6.45) is 38.4. The topological polar surface area (TPSA) is 23.0 Å². The fraction of sp³-hybridized carbons (Fsp3) is 0.246. The summed E-state index contributed by atoms with van der Waals surface area (Å²) in [6, 6.07) is 104. The molecule has 127 heavy (non-hydrogen) atoms. The van der Waals surface area contributed by atoms with Crippen molar-refractivity contribution in [2.24, 2.45) is 11.8 Å². The van der Waals surface area contributed by atoms with E-state index in [1.807, 2.05) is 0 Å². The van der Waals surface area contributed by atoms with Crippen molar-refractivity contribution in [1.29, 1.82) is 0 Å². The van der Waals surface area contributed by atoms with Crippen LogP contribution in [-0.2, 0) is 47.5 Å². The van der Waals surface area contributed by atoms with Crippen LogP contribution in [0.3, 0.4) is 0 Å². The number of fused-ring (bicyclic) bond motifs is 17. The van der Waals surface area contributed by atoms with Crippen molar-refractivity contribution < 1.29 is 0 Å². The number of anilines is 2. The molecule has 3 unspecified atom stereocenters. The van der Waals surface area contributed by atoms with E-state index in [0.717, 1.165) is 64.3 Å². The highest BCUT2D eigenvalue weighted by Crippen LogP contribution is 2.62. The number of benzene rings is 12. The monoisotopic (exact) mass is 1650 g/mol. The third-order valence-electron chi connectivity index (χ3n) is 30.5. The summed E-state index contributed by atoms with van der Waals surface area (Å²) >= 11 is 0. The van der Waals surface area contributed by atoms with E-state index in [0.29, 0.717) is 5.92 Å². The van der Waals surface area contributed by atoms with E-state index in [2.05, 4.69) is 414 Å².